The minimum absolute atomic E-state index is 0.0717. The van der Waals surface area contributed by atoms with Crippen molar-refractivity contribution in [3.63, 3.8) is 0 Å². The number of hydrogen-bond acceptors (Lipinski definition) is 5. The fourth-order valence-corrected chi connectivity index (χ4v) is 5.84. The Morgan fingerprint density at radius 2 is 1.94 bits per heavy atom. The summed E-state index contributed by atoms with van der Waals surface area (Å²) in [6.07, 6.45) is 5.26. The van der Waals surface area contributed by atoms with Crippen molar-refractivity contribution >= 4 is 17.8 Å². The second kappa shape index (κ2) is 10.4. The van der Waals surface area contributed by atoms with Crippen molar-refractivity contribution in [2.75, 3.05) is 25.0 Å². The molecule has 0 radical (unpaired) electrons. The molecule has 0 saturated carbocycles. The van der Waals surface area contributed by atoms with Gasteiger partial charge in [0.25, 0.3) is 5.91 Å². The van der Waals surface area contributed by atoms with Crippen molar-refractivity contribution < 1.29 is 9.59 Å². The molecule has 2 aromatic rings. The Hall–Kier alpha value is -2.94. The molecule has 4 heterocycles. The molecule has 190 valence electrons. The van der Waals surface area contributed by atoms with E-state index in [4.69, 9.17) is 0 Å². The molecule has 1 saturated heterocycles. The van der Waals surface area contributed by atoms with Crippen molar-refractivity contribution in [3.05, 3.63) is 41.3 Å². The summed E-state index contributed by atoms with van der Waals surface area (Å²) in [5, 5.41) is 10.5. The number of fused-ring (bicyclic) bond motifs is 1. The highest BCUT2D eigenvalue weighted by molar-refractivity contribution is 6.02. The monoisotopic (exact) mass is 481 g/mol. The molecule has 0 aromatic carbocycles. The van der Waals surface area contributed by atoms with Crippen LogP contribution >= 0.6 is 0 Å². The summed E-state index contributed by atoms with van der Waals surface area (Å²) in [6.45, 7) is 13.9. The Morgan fingerprint density at radius 1 is 1.17 bits per heavy atom. The number of pyridine rings is 1. The van der Waals surface area contributed by atoms with Crippen molar-refractivity contribution in [1.82, 2.24) is 29.9 Å². The topological polar surface area (TPSA) is 97.5 Å². The molecule has 9 heteroatoms. The highest BCUT2D eigenvalue weighted by Gasteiger charge is 2.50. The number of rotatable bonds is 7. The van der Waals surface area contributed by atoms with Crippen LogP contribution in [0.5, 0.6) is 0 Å². The molecule has 2 aliphatic rings. The SMILES string of the molecule is CCCN1CC(C)N(C(=O)N2Cc3c(NC(=O)c4ccccn4)n[nH]c3C2(CC)CC)CC1CC. The van der Waals surface area contributed by atoms with E-state index in [1.54, 1.807) is 24.4 Å². The van der Waals surface area contributed by atoms with Crippen LogP contribution in [0.25, 0.3) is 0 Å². The van der Waals surface area contributed by atoms with Gasteiger partial charge >= 0.3 is 6.03 Å². The molecule has 3 amide bonds. The lowest BCUT2D eigenvalue weighted by Crippen LogP contribution is -2.62. The van der Waals surface area contributed by atoms with Gasteiger partial charge in [-0.05, 0) is 51.3 Å². The third-order valence-corrected chi connectivity index (χ3v) is 7.88. The number of aromatic amines is 1. The molecule has 1 fully saturated rings. The molecular weight excluding hydrogens is 442 g/mol. The van der Waals surface area contributed by atoms with E-state index in [1.807, 2.05) is 4.90 Å². The van der Waals surface area contributed by atoms with Gasteiger partial charge in [0, 0.05) is 36.9 Å². The molecule has 2 aromatic heterocycles. The van der Waals surface area contributed by atoms with Crippen molar-refractivity contribution in [2.24, 2.45) is 0 Å². The Bertz CT molecular complexity index is 1030. The number of nitrogens with one attached hydrogen (secondary N) is 2. The predicted molar refractivity (Wildman–Crippen MR) is 136 cm³/mol. The largest absolute Gasteiger partial charge is 0.321 e. The maximum Gasteiger partial charge on any atom is 0.321 e. The van der Waals surface area contributed by atoms with Crippen LogP contribution in [0.15, 0.2) is 24.4 Å². The molecule has 0 aliphatic carbocycles. The third kappa shape index (κ3) is 4.42. The van der Waals surface area contributed by atoms with E-state index in [-0.39, 0.29) is 18.0 Å². The van der Waals surface area contributed by atoms with E-state index in [9.17, 15) is 9.59 Å². The number of hydrogen-bond donors (Lipinski definition) is 2. The maximum absolute atomic E-state index is 14.1. The van der Waals surface area contributed by atoms with Crippen LogP contribution in [0.1, 0.15) is 82.0 Å². The number of urea groups is 1. The number of amides is 3. The van der Waals surface area contributed by atoms with Crippen LogP contribution in [0.3, 0.4) is 0 Å². The Labute approximate surface area is 208 Å². The lowest BCUT2D eigenvalue weighted by Gasteiger charge is -2.48. The quantitative estimate of drug-likeness (QED) is 0.618. The molecule has 2 aliphatic heterocycles. The number of nitrogens with zero attached hydrogens (tertiary/aromatic N) is 5. The van der Waals surface area contributed by atoms with Gasteiger partial charge in [0.05, 0.1) is 17.8 Å². The molecule has 4 rings (SSSR count). The molecule has 0 spiro atoms. The first kappa shape index (κ1) is 25.2. The zero-order chi connectivity index (χ0) is 25.2. The molecule has 35 heavy (non-hydrogen) atoms. The Kier molecular flexibility index (Phi) is 7.44. The van der Waals surface area contributed by atoms with E-state index in [2.05, 4.69) is 64.9 Å². The third-order valence-electron chi connectivity index (χ3n) is 7.88. The predicted octanol–water partition coefficient (Wildman–Crippen LogP) is 4.20. The van der Waals surface area contributed by atoms with Crippen LogP contribution in [0, 0.1) is 0 Å². The van der Waals surface area contributed by atoms with Crippen LogP contribution in [0.4, 0.5) is 10.6 Å². The fourth-order valence-electron chi connectivity index (χ4n) is 5.84. The minimum atomic E-state index is -0.477. The van der Waals surface area contributed by atoms with Crippen molar-refractivity contribution in [1.29, 1.82) is 0 Å². The lowest BCUT2D eigenvalue weighted by molar-refractivity contribution is 0.0214. The number of aromatic nitrogens is 3. The average molecular weight is 482 g/mol. The first-order valence-corrected chi connectivity index (χ1v) is 13.0. The van der Waals surface area contributed by atoms with Gasteiger partial charge in [-0.25, -0.2) is 4.79 Å². The number of carbonyl (C=O) groups is 2. The van der Waals surface area contributed by atoms with Crippen molar-refractivity contribution in [2.45, 2.75) is 84.5 Å². The Morgan fingerprint density at radius 3 is 2.57 bits per heavy atom. The molecule has 2 unspecified atom stereocenters. The van der Waals surface area contributed by atoms with E-state index in [0.717, 1.165) is 56.6 Å². The summed E-state index contributed by atoms with van der Waals surface area (Å²) in [5.74, 6) is 0.166. The van der Waals surface area contributed by atoms with E-state index >= 15 is 0 Å². The first-order valence-electron chi connectivity index (χ1n) is 13.0. The molecule has 0 bridgehead atoms. The van der Waals surface area contributed by atoms with Crippen molar-refractivity contribution in [3.8, 4) is 0 Å². The van der Waals surface area contributed by atoms with Gasteiger partial charge in [-0.15, -0.1) is 0 Å². The van der Waals surface area contributed by atoms with Gasteiger partial charge in [-0.2, -0.15) is 5.10 Å². The highest BCUT2D eigenvalue weighted by atomic mass is 16.2. The van der Waals surface area contributed by atoms with E-state index in [0.29, 0.717) is 24.1 Å². The summed E-state index contributed by atoms with van der Waals surface area (Å²) >= 11 is 0. The molecule has 9 nitrogen and oxygen atoms in total. The molecular formula is C26H39N7O2. The van der Waals surface area contributed by atoms with Crippen LogP contribution in [0.2, 0.25) is 0 Å². The summed E-state index contributed by atoms with van der Waals surface area (Å²) in [6, 6.07) is 5.82. The van der Waals surface area contributed by atoms with Gasteiger partial charge in [0.15, 0.2) is 5.82 Å². The highest BCUT2D eigenvalue weighted by Crippen LogP contribution is 2.46. The lowest BCUT2D eigenvalue weighted by atomic mass is 9.89. The van der Waals surface area contributed by atoms with Gasteiger partial charge in [0.1, 0.15) is 5.69 Å². The molecule has 2 atom stereocenters. The first-order chi connectivity index (χ1) is 16.9. The fraction of sp³-hybridized carbons (Fsp3) is 0.615. The number of H-pyrrole nitrogens is 1. The standard InChI is InChI=1S/C26H39N7O2/c1-6-14-31-15-18(5)32(16-19(31)7-2)25(35)33-17-20-22(26(33,8-3)9-4)29-30-23(20)28-24(34)21-12-10-11-13-27-21/h10-13,18-19H,6-9,14-17H2,1-5H3,(H2,28,29,30,34). The normalized spacial score (nSPS) is 21.7. The Balaban J connectivity index is 1.59. The molecule has 2 N–H and O–H groups in total. The zero-order valence-corrected chi connectivity index (χ0v) is 21.7. The van der Waals surface area contributed by atoms with Crippen LogP contribution in [-0.4, -0.2) is 73.5 Å². The summed E-state index contributed by atoms with van der Waals surface area (Å²) in [5.41, 5.74) is 1.67. The van der Waals surface area contributed by atoms with Crippen LogP contribution in [-0.2, 0) is 12.1 Å². The van der Waals surface area contributed by atoms with Gasteiger partial charge in [0.2, 0.25) is 0 Å². The number of anilines is 1. The summed E-state index contributed by atoms with van der Waals surface area (Å²) < 4.78 is 0. The smallest absolute Gasteiger partial charge is 0.319 e. The summed E-state index contributed by atoms with van der Waals surface area (Å²) in [7, 11) is 0. The van der Waals surface area contributed by atoms with Gasteiger partial charge in [-0.1, -0.05) is 33.8 Å². The second-order valence-electron chi connectivity index (χ2n) is 9.76. The maximum atomic E-state index is 14.1. The van der Waals surface area contributed by atoms with E-state index < -0.39 is 5.54 Å². The zero-order valence-electron chi connectivity index (χ0n) is 21.7. The average Bonchev–Trinajstić information content (AvgIpc) is 3.42. The van der Waals surface area contributed by atoms with Crippen LogP contribution < -0.4 is 5.32 Å². The summed E-state index contributed by atoms with van der Waals surface area (Å²) in [4.78, 5) is 37.6. The second-order valence-corrected chi connectivity index (χ2v) is 9.76. The van der Waals surface area contributed by atoms with Gasteiger partial charge in [-0.3, -0.25) is 19.8 Å². The number of carbonyl (C=O) groups excluding carboxylic acids is 2. The minimum Gasteiger partial charge on any atom is -0.319 e. The van der Waals surface area contributed by atoms with Gasteiger partial charge < -0.3 is 15.1 Å². The number of piperazine rings is 1. The van der Waals surface area contributed by atoms with E-state index in [1.165, 1.54) is 0 Å².